The molecular formula is C15H24N2O. The Labute approximate surface area is 110 Å². The molecule has 1 aromatic heterocycles. The van der Waals surface area contributed by atoms with Gasteiger partial charge in [0.25, 0.3) is 0 Å². The molecule has 1 aliphatic rings. The zero-order valence-electron chi connectivity index (χ0n) is 12.1. The average molecular weight is 248 g/mol. The van der Waals surface area contributed by atoms with Crippen molar-refractivity contribution in [1.29, 1.82) is 0 Å². The molecule has 3 heteroatoms. The third kappa shape index (κ3) is 2.12. The van der Waals surface area contributed by atoms with Gasteiger partial charge in [-0.1, -0.05) is 13.8 Å². The summed E-state index contributed by atoms with van der Waals surface area (Å²) in [4.78, 5) is 4.63. The third-order valence-electron chi connectivity index (χ3n) is 4.45. The zero-order chi connectivity index (χ0) is 13.3. The Morgan fingerprint density at radius 1 is 1.39 bits per heavy atom. The van der Waals surface area contributed by atoms with Crippen LogP contribution in [-0.2, 0) is 6.42 Å². The van der Waals surface area contributed by atoms with E-state index in [1.165, 1.54) is 11.3 Å². The number of aromatic nitrogens is 1. The van der Waals surface area contributed by atoms with Gasteiger partial charge in [-0.15, -0.1) is 0 Å². The number of aryl methyl sites for hydroxylation is 1. The van der Waals surface area contributed by atoms with Crippen LogP contribution in [0.25, 0.3) is 0 Å². The Kier molecular flexibility index (Phi) is 3.62. The number of ether oxygens (including phenoxy) is 1. The topological polar surface area (TPSA) is 34.1 Å². The number of nitrogens with one attached hydrogen (secondary N) is 1. The van der Waals surface area contributed by atoms with Gasteiger partial charge in [0, 0.05) is 41.5 Å². The van der Waals surface area contributed by atoms with E-state index >= 15 is 0 Å². The predicted molar refractivity (Wildman–Crippen MR) is 74.1 cm³/mol. The quantitative estimate of drug-likeness (QED) is 0.889. The molecule has 1 saturated heterocycles. The number of hydrogen-bond acceptors (Lipinski definition) is 3. The Balaban J connectivity index is 2.29. The lowest BCUT2D eigenvalue weighted by Crippen LogP contribution is -2.57. The van der Waals surface area contributed by atoms with Crippen molar-refractivity contribution in [3.63, 3.8) is 0 Å². The number of nitrogens with zero attached hydrogens (tertiary/aromatic N) is 1. The monoisotopic (exact) mass is 248 g/mol. The highest BCUT2D eigenvalue weighted by Gasteiger charge is 2.40. The van der Waals surface area contributed by atoms with Crippen molar-refractivity contribution in [2.75, 3.05) is 20.2 Å². The summed E-state index contributed by atoms with van der Waals surface area (Å²) in [5, 5.41) is 3.40. The molecule has 1 fully saturated rings. The molecule has 0 aliphatic carbocycles. The molecule has 3 nitrogen and oxygen atoms in total. The second-order valence-corrected chi connectivity index (χ2v) is 5.84. The summed E-state index contributed by atoms with van der Waals surface area (Å²) < 4.78 is 5.49. The number of hydrogen-bond donors (Lipinski definition) is 1. The van der Waals surface area contributed by atoms with Gasteiger partial charge in [-0.2, -0.15) is 0 Å². The second kappa shape index (κ2) is 4.88. The van der Waals surface area contributed by atoms with Crippen LogP contribution in [0.15, 0.2) is 6.20 Å². The minimum Gasteiger partial charge on any atom is -0.496 e. The molecule has 0 atom stereocenters. The molecule has 18 heavy (non-hydrogen) atoms. The van der Waals surface area contributed by atoms with E-state index < -0.39 is 0 Å². The van der Waals surface area contributed by atoms with Gasteiger partial charge >= 0.3 is 0 Å². The molecule has 0 unspecified atom stereocenters. The van der Waals surface area contributed by atoms with Crippen LogP contribution in [0.5, 0.6) is 5.75 Å². The summed E-state index contributed by atoms with van der Waals surface area (Å²) in [7, 11) is 1.74. The molecular weight excluding hydrogens is 224 g/mol. The summed E-state index contributed by atoms with van der Waals surface area (Å²) in [5.74, 6) is 1.67. The van der Waals surface area contributed by atoms with Crippen LogP contribution in [0.3, 0.4) is 0 Å². The van der Waals surface area contributed by atoms with Crippen LogP contribution in [0.1, 0.15) is 30.7 Å². The molecule has 0 amide bonds. The highest BCUT2D eigenvalue weighted by Crippen LogP contribution is 2.37. The highest BCUT2D eigenvalue weighted by atomic mass is 16.5. The van der Waals surface area contributed by atoms with Gasteiger partial charge in [0.05, 0.1) is 7.11 Å². The van der Waals surface area contributed by atoms with Gasteiger partial charge < -0.3 is 10.1 Å². The minimum absolute atomic E-state index is 0.373. The SMILES string of the molecule is COc1c(C)cnc(CC2(C(C)C)CNC2)c1C. The second-order valence-electron chi connectivity index (χ2n) is 5.84. The van der Waals surface area contributed by atoms with Gasteiger partial charge in [0.15, 0.2) is 0 Å². The maximum Gasteiger partial charge on any atom is 0.128 e. The van der Waals surface area contributed by atoms with Crippen molar-refractivity contribution in [2.24, 2.45) is 11.3 Å². The molecule has 0 saturated carbocycles. The summed E-state index contributed by atoms with van der Waals surface area (Å²) in [6, 6.07) is 0. The van der Waals surface area contributed by atoms with Crippen LogP contribution < -0.4 is 10.1 Å². The summed E-state index contributed by atoms with van der Waals surface area (Å²) in [6.07, 6.45) is 2.97. The van der Waals surface area contributed by atoms with Crippen molar-refractivity contribution in [1.82, 2.24) is 10.3 Å². The fraction of sp³-hybridized carbons (Fsp3) is 0.667. The first-order valence-electron chi connectivity index (χ1n) is 6.70. The molecule has 0 bridgehead atoms. The minimum atomic E-state index is 0.373. The zero-order valence-corrected chi connectivity index (χ0v) is 12.1. The summed E-state index contributed by atoms with van der Waals surface area (Å²) >= 11 is 0. The Bertz CT molecular complexity index is 436. The van der Waals surface area contributed by atoms with Crippen molar-refractivity contribution in [3.05, 3.63) is 23.0 Å². The van der Waals surface area contributed by atoms with E-state index in [0.29, 0.717) is 11.3 Å². The normalized spacial score (nSPS) is 17.7. The smallest absolute Gasteiger partial charge is 0.128 e. The molecule has 1 aromatic rings. The predicted octanol–water partition coefficient (Wildman–Crippen LogP) is 2.50. The molecule has 0 radical (unpaired) electrons. The van der Waals surface area contributed by atoms with E-state index in [9.17, 15) is 0 Å². The lowest BCUT2D eigenvalue weighted by Gasteiger charge is -2.46. The highest BCUT2D eigenvalue weighted by molar-refractivity contribution is 5.41. The standard InChI is InChI=1S/C15H24N2O/c1-10(2)15(8-16-9-15)6-13-12(4)14(18-5)11(3)7-17-13/h7,10,16H,6,8-9H2,1-5H3. The Hall–Kier alpha value is -1.09. The lowest BCUT2D eigenvalue weighted by atomic mass is 9.68. The fourth-order valence-electron chi connectivity index (χ4n) is 2.77. The van der Waals surface area contributed by atoms with E-state index in [-0.39, 0.29) is 0 Å². The van der Waals surface area contributed by atoms with Crippen LogP contribution in [0, 0.1) is 25.2 Å². The van der Waals surface area contributed by atoms with E-state index in [1.807, 2.05) is 13.1 Å². The maximum atomic E-state index is 5.49. The summed E-state index contributed by atoms with van der Waals surface area (Å²) in [6.45, 7) is 11.0. The van der Waals surface area contributed by atoms with Crippen LogP contribution >= 0.6 is 0 Å². The molecule has 0 spiro atoms. The average Bonchev–Trinajstić information content (AvgIpc) is 2.26. The Morgan fingerprint density at radius 2 is 2.06 bits per heavy atom. The fourth-order valence-corrected chi connectivity index (χ4v) is 2.77. The maximum absolute atomic E-state index is 5.49. The molecule has 100 valence electrons. The van der Waals surface area contributed by atoms with Crippen LogP contribution in [0.2, 0.25) is 0 Å². The van der Waals surface area contributed by atoms with Gasteiger partial charge in [-0.25, -0.2) is 0 Å². The van der Waals surface area contributed by atoms with E-state index in [2.05, 4.69) is 31.1 Å². The number of rotatable bonds is 4. The van der Waals surface area contributed by atoms with Crippen molar-refractivity contribution in [2.45, 2.75) is 34.1 Å². The van der Waals surface area contributed by atoms with Crippen molar-refractivity contribution < 1.29 is 4.74 Å². The third-order valence-corrected chi connectivity index (χ3v) is 4.45. The lowest BCUT2D eigenvalue weighted by molar-refractivity contribution is 0.0978. The van der Waals surface area contributed by atoms with Gasteiger partial charge in [0.2, 0.25) is 0 Å². The molecule has 2 rings (SSSR count). The van der Waals surface area contributed by atoms with Crippen molar-refractivity contribution >= 4 is 0 Å². The van der Waals surface area contributed by atoms with Crippen LogP contribution in [-0.4, -0.2) is 25.2 Å². The van der Waals surface area contributed by atoms with Gasteiger partial charge in [0.1, 0.15) is 5.75 Å². The molecule has 0 aromatic carbocycles. The molecule has 1 aliphatic heterocycles. The molecule has 2 heterocycles. The summed E-state index contributed by atoms with van der Waals surface area (Å²) in [5.41, 5.74) is 3.87. The van der Waals surface area contributed by atoms with Crippen molar-refractivity contribution in [3.8, 4) is 5.75 Å². The van der Waals surface area contributed by atoms with E-state index in [4.69, 9.17) is 4.74 Å². The largest absolute Gasteiger partial charge is 0.496 e. The Morgan fingerprint density at radius 3 is 2.50 bits per heavy atom. The van der Waals surface area contributed by atoms with Gasteiger partial charge in [-0.05, 0) is 26.2 Å². The first-order valence-corrected chi connectivity index (χ1v) is 6.70. The number of methoxy groups -OCH3 is 1. The van der Waals surface area contributed by atoms with Gasteiger partial charge in [-0.3, -0.25) is 4.98 Å². The first kappa shape index (κ1) is 13.3. The first-order chi connectivity index (χ1) is 8.50. The van der Waals surface area contributed by atoms with Crippen LogP contribution in [0.4, 0.5) is 0 Å². The number of pyridine rings is 1. The van der Waals surface area contributed by atoms with E-state index in [1.54, 1.807) is 7.11 Å². The molecule has 1 N–H and O–H groups in total. The van der Waals surface area contributed by atoms with E-state index in [0.717, 1.165) is 30.8 Å².